The number of benzene rings is 1. The van der Waals surface area contributed by atoms with Gasteiger partial charge in [0.25, 0.3) is 5.69 Å². The van der Waals surface area contributed by atoms with E-state index < -0.39 is 17.1 Å². The largest absolute Gasteiger partial charge is 0.441 e. The smallest absolute Gasteiger partial charge is 0.407 e. The first kappa shape index (κ1) is 14.0. The van der Waals surface area contributed by atoms with Crippen LogP contribution < -0.4 is 5.32 Å². The lowest BCUT2D eigenvalue weighted by Gasteiger charge is -2.14. The summed E-state index contributed by atoms with van der Waals surface area (Å²) >= 11 is 0. The number of para-hydroxylation sites is 1. The van der Waals surface area contributed by atoms with Gasteiger partial charge >= 0.3 is 6.09 Å². The van der Waals surface area contributed by atoms with Crippen LogP contribution in [0.25, 0.3) is 0 Å². The predicted molar refractivity (Wildman–Crippen MR) is 66.3 cm³/mol. The maximum Gasteiger partial charge on any atom is 0.407 e. The molecule has 18 heavy (non-hydrogen) atoms. The van der Waals surface area contributed by atoms with Gasteiger partial charge in [0.1, 0.15) is 6.10 Å². The second-order valence-corrected chi connectivity index (χ2v) is 3.79. The summed E-state index contributed by atoms with van der Waals surface area (Å²) in [6.07, 6.45) is -0.430. The first-order valence-electron chi connectivity index (χ1n) is 5.74. The summed E-state index contributed by atoms with van der Waals surface area (Å²) in [6.45, 7) is 4.04. The van der Waals surface area contributed by atoms with Crippen LogP contribution in [0.15, 0.2) is 24.3 Å². The minimum atomic E-state index is -0.663. The monoisotopic (exact) mass is 252 g/mol. The molecule has 6 heteroatoms. The summed E-state index contributed by atoms with van der Waals surface area (Å²) in [5.74, 6) is 0. The summed E-state index contributed by atoms with van der Waals surface area (Å²) < 4.78 is 5.07. The lowest BCUT2D eigenvalue weighted by atomic mass is 10.1. The van der Waals surface area contributed by atoms with Gasteiger partial charge in [0.15, 0.2) is 0 Å². The van der Waals surface area contributed by atoms with Crippen molar-refractivity contribution in [3.63, 3.8) is 0 Å². The average Bonchev–Trinajstić information content (AvgIpc) is 2.36. The van der Waals surface area contributed by atoms with Gasteiger partial charge in [-0.15, -0.1) is 0 Å². The predicted octanol–water partition coefficient (Wildman–Crippen LogP) is 2.79. The number of nitrogens with zero attached hydrogens (tertiary/aromatic N) is 1. The molecule has 1 unspecified atom stereocenters. The van der Waals surface area contributed by atoms with Crippen LogP contribution in [0.2, 0.25) is 0 Å². The van der Waals surface area contributed by atoms with E-state index >= 15 is 0 Å². The van der Waals surface area contributed by atoms with Gasteiger partial charge in [0.05, 0.1) is 10.5 Å². The summed E-state index contributed by atoms with van der Waals surface area (Å²) in [4.78, 5) is 21.7. The third-order valence-corrected chi connectivity index (χ3v) is 2.37. The molecular formula is C12H16N2O4. The molecule has 0 saturated heterocycles. The Morgan fingerprint density at radius 1 is 1.50 bits per heavy atom. The van der Waals surface area contributed by atoms with Crippen molar-refractivity contribution in [2.75, 3.05) is 6.54 Å². The zero-order valence-corrected chi connectivity index (χ0v) is 10.4. The van der Waals surface area contributed by atoms with E-state index in [1.807, 2.05) is 6.92 Å². The minimum absolute atomic E-state index is 0.0479. The van der Waals surface area contributed by atoms with Crippen molar-refractivity contribution in [2.45, 2.75) is 26.4 Å². The fourth-order valence-electron chi connectivity index (χ4n) is 1.49. The standard InChI is InChI=1S/C12H16N2O4/c1-3-8-13-12(15)18-9(2)10-6-4-5-7-11(10)14(16)17/h4-7,9H,3,8H2,1-2H3,(H,13,15). The molecule has 0 aliphatic heterocycles. The highest BCUT2D eigenvalue weighted by molar-refractivity contribution is 5.67. The van der Waals surface area contributed by atoms with Gasteiger partial charge in [-0.2, -0.15) is 0 Å². The molecule has 0 bridgehead atoms. The molecule has 1 aromatic carbocycles. The van der Waals surface area contributed by atoms with Crippen LogP contribution in [0.5, 0.6) is 0 Å². The van der Waals surface area contributed by atoms with Gasteiger partial charge in [-0.25, -0.2) is 4.79 Å². The molecule has 0 spiro atoms. The van der Waals surface area contributed by atoms with Gasteiger partial charge in [0, 0.05) is 12.6 Å². The Hall–Kier alpha value is -2.11. The van der Waals surface area contributed by atoms with Crippen LogP contribution in [0, 0.1) is 10.1 Å². The van der Waals surface area contributed by atoms with E-state index in [0.717, 1.165) is 6.42 Å². The molecule has 1 aromatic rings. The van der Waals surface area contributed by atoms with Gasteiger partial charge in [-0.3, -0.25) is 10.1 Å². The minimum Gasteiger partial charge on any atom is -0.441 e. The van der Waals surface area contributed by atoms with Crippen LogP contribution >= 0.6 is 0 Å². The fourth-order valence-corrected chi connectivity index (χ4v) is 1.49. The zero-order valence-electron chi connectivity index (χ0n) is 10.4. The van der Waals surface area contributed by atoms with Gasteiger partial charge in [0.2, 0.25) is 0 Å². The molecule has 0 heterocycles. The van der Waals surface area contributed by atoms with E-state index in [-0.39, 0.29) is 5.69 Å². The Morgan fingerprint density at radius 3 is 2.78 bits per heavy atom. The van der Waals surface area contributed by atoms with Crippen LogP contribution in [0.3, 0.4) is 0 Å². The van der Waals surface area contributed by atoms with Crippen LogP contribution in [-0.2, 0) is 4.74 Å². The fraction of sp³-hybridized carbons (Fsp3) is 0.417. The summed E-state index contributed by atoms with van der Waals surface area (Å²) in [7, 11) is 0. The first-order valence-corrected chi connectivity index (χ1v) is 5.74. The average molecular weight is 252 g/mol. The number of carbonyl (C=O) groups excluding carboxylic acids is 1. The number of alkyl carbamates (subject to hydrolysis) is 1. The molecule has 0 saturated carbocycles. The van der Waals surface area contributed by atoms with E-state index in [0.29, 0.717) is 12.1 Å². The molecule has 0 aromatic heterocycles. The number of carbonyl (C=O) groups is 1. The van der Waals surface area contributed by atoms with Crippen LogP contribution in [0.4, 0.5) is 10.5 Å². The SMILES string of the molecule is CCCNC(=O)OC(C)c1ccccc1[N+](=O)[O-]. The highest BCUT2D eigenvalue weighted by Crippen LogP contribution is 2.26. The first-order chi connectivity index (χ1) is 8.56. The Bertz CT molecular complexity index is 434. The van der Waals surface area contributed by atoms with Crippen molar-refractivity contribution in [1.82, 2.24) is 5.32 Å². The van der Waals surface area contributed by atoms with Gasteiger partial charge in [-0.1, -0.05) is 19.1 Å². The Balaban J connectivity index is 2.75. The number of ether oxygens (including phenoxy) is 1. The van der Waals surface area contributed by atoms with E-state index in [1.54, 1.807) is 25.1 Å². The van der Waals surface area contributed by atoms with Crippen molar-refractivity contribution in [3.8, 4) is 0 Å². The van der Waals surface area contributed by atoms with Crippen molar-refractivity contribution in [3.05, 3.63) is 39.9 Å². The molecule has 98 valence electrons. The van der Waals surface area contributed by atoms with Crippen LogP contribution in [-0.4, -0.2) is 17.6 Å². The van der Waals surface area contributed by atoms with Crippen LogP contribution in [0.1, 0.15) is 31.9 Å². The van der Waals surface area contributed by atoms with E-state index in [4.69, 9.17) is 4.74 Å². The molecule has 1 rings (SSSR count). The molecule has 1 amide bonds. The molecule has 6 nitrogen and oxygen atoms in total. The lowest BCUT2D eigenvalue weighted by Crippen LogP contribution is -2.26. The van der Waals surface area contributed by atoms with E-state index in [2.05, 4.69) is 5.32 Å². The van der Waals surface area contributed by atoms with Crippen molar-refractivity contribution >= 4 is 11.8 Å². The second-order valence-electron chi connectivity index (χ2n) is 3.79. The lowest BCUT2D eigenvalue weighted by molar-refractivity contribution is -0.386. The highest BCUT2D eigenvalue weighted by atomic mass is 16.6. The number of nitro benzene ring substituents is 1. The number of hydrogen-bond donors (Lipinski definition) is 1. The number of nitrogens with one attached hydrogen (secondary N) is 1. The highest BCUT2D eigenvalue weighted by Gasteiger charge is 2.20. The molecule has 0 aliphatic rings. The Kier molecular flexibility index (Phi) is 5.10. The van der Waals surface area contributed by atoms with E-state index in [1.165, 1.54) is 6.07 Å². The second kappa shape index (κ2) is 6.58. The van der Waals surface area contributed by atoms with Crippen molar-refractivity contribution in [1.29, 1.82) is 0 Å². The molecule has 1 atom stereocenters. The number of nitro groups is 1. The van der Waals surface area contributed by atoms with Gasteiger partial charge in [-0.05, 0) is 19.4 Å². The maximum atomic E-state index is 11.4. The summed E-state index contributed by atoms with van der Waals surface area (Å²) in [6, 6.07) is 6.21. The van der Waals surface area contributed by atoms with Crippen molar-refractivity contribution < 1.29 is 14.5 Å². The Morgan fingerprint density at radius 2 is 2.17 bits per heavy atom. The molecular weight excluding hydrogens is 236 g/mol. The molecule has 0 aliphatic carbocycles. The Labute approximate surface area is 105 Å². The molecule has 1 N–H and O–H groups in total. The summed E-state index contributed by atoms with van der Waals surface area (Å²) in [5, 5.41) is 13.4. The number of hydrogen-bond acceptors (Lipinski definition) is 4. The summed E-state index contributed by atoms with van der Waals surface area (Å²) in [5.41, 5.74) is 0.336. The third kappa shape index (κ3) is 3.73. The van der Waals surface area contributed by atoms with Gasteiger partial charge < -0.3 is 10.1 Å². The number of rotatable bonds is 5. The third-order valence-electron chi connectivity index (χ3n) is 2.37. The molecule has 0 radical (unpaired) electrons. The normalized spacial score (nSPS) is 11.7. The van der Waals surface area contributed by atoms with E-state index in [9.17, 15) is 14.9 Å². The quantitative estimate of drug-likeness (QED) is 0.645. The maximum absolute atomic E-state index is 11.4. The van der Waals surface area contributed by atoms with Crippen molar-refractivity contribution in [2.24, 2.45) is 0 Å². The zero-order chi connectivity index (χ0) is 13.5. The number of amides is 1. The topological polar surface area (TPSA) is 81.5 Å². The molecule has 0 fully saturated rings.